The molecule has 0 saturated carbocycles. The van der Waals surface area contributed by atoms with Gasteiger partial charge in [0.05, 0.1) is 19.0 Å². The lowest BCUT2D eigenvalue weighted by Crippen LogP contribution is -2.03. The van der Waals surface area contributed by atoms with Gasteiger partial charge in [-0.1, -0.05) is 18.2 Å². The van der Waals surface area contributed by atoms with E-state index in [1.165, 1.54) is 6.07 Å². The van der Waals surface area contributed by atoms with Crippen LogP contribution in [0.3, 0.4) is 0 Å². The Morgan fingerprint density at radius 1 is 1.13 bits per heavy atom. The van der Waals surface area contributed by atoms with Gasteiger partial charge in [-0.05, 0) is 29.8 Å². The van der Waals surface area contributed by atoms with Crippen LogP contribution in [0.25, 0.3) is 11.3 Å². The summed E-state index contributed by atoms with van der Waals surface area (Å²) in [5.74, 6) is -1.03. The van der Waals surface area contributed by atoms with E-state index >= 15 is 0 Å². The highest BCUT2D eigenvalue weighted by atomic mass is 19.2. The van der Waals surface area contributed by atoms with E-state index in [-0.39, 0.29) is 11.4 Å². The number of rotatable bonds is 4. The van der Waals surface area contributed by atoms with E-state index in [9.17, 15) is 13.9 Å². The maximum Gasteiger partial charge on any atom is 0.159 e. The van der Waals surface area contributed by atoms with Crippen LogP contribution in [0, 0.1) is 11.6 Å². The summed E-state index contributed by atoms with van der Waals surface area (Å²) in [5.41, 5.74) is 1.73. The number of ether oxygens (including phenoxy) is 1. The number of benzene rings is 2. The Balaban J connectivity index is 1.89. The first-order valence-corrected chi connectivity index (χ1v) is 6.91. The van der Waals surface area contributed by atoms with Gasteiger partial charge in [-0.25, -0.2) is 13.8 Å². The summed E-state index contributed by atoms with van der Waals surface area (Å²) in [7, 11) is 1.57. The number of methoxy groups -OCH3 is 1. The van der Waals surface area contributed by atoms with Crippen molar-refractivity contribution in [3.63, 3.8) is 0 Å². The van der Waals surface area contributed by atoms with Crippen LogP contribution >= 0.6 is 0 Å². The van der Waals surface area contributed by atoms with Gasteiger partial charge in [0.15, 0.2) is 11.6 Å². The zero-order chi connectivity index (χ0) is 16.4. The molecule has 2 aromatic carbocycles. The number of aliphatic hydroxyl groups excluding tert-OH is 1. The fourth-order valence-corrected chi connectivity index (χ4v) is 2.25. The van der Waals surface area contributed by atoms with Gasteiger partial charge in [0.2, 0.25) is 0 Å². The van der Waals surface area contributed by atoms with Crippen molar-refractivity contribution >= 4 is 0 Å². The number of halogens is 2. The Morgan fingerprint density at radius 2 is 1.96 bits per heavy atom. The van der Waals surface area contributed by atoms with Gasteiger partial charge in [-0.2, -0.15) is 0 Å². The number of hydrogen-bond acceptors (Lipinski definition) is 3. The second-order valence-electron chi connectivity index (χ2n) is 4.99. The molecule has 0 aliphatic carbocycles. The first kappa shape index (κ1) is 15.2. The third-order valence-electron chi connectivity index (χ3n) is 3.49. The zero-order valence-electron chi connectivity index (χ0n) is 12.3. The topological polar surface area (TPSA) is 58.1 Å². The van der Waals surface area contributed by atoms with Crippen LogP contribution in [0.15, 0.2) is 48.7 Å². The molecule has 4 nitrogen and oxygen atoms in total. The normalized spacial score (nSPS) is 12.2. The van der Waals surface area contributed by atoms with Crippen molar-refractivity contribution in [3.05, 3.63) is 71.7 Å². The smallest absolute Gasteiger partial charge is 0.159 e. The highest BCUT2D eigenvalue weighted by Gasteiger charge is 2.16. The molecule has 1 aromatic heterocycles. The highest BCUT2D eigenvalue weighted by Crippen LogP contribution is 2.26. The van der Waals surface area contributed by atoms with Gasteiger partial charge in [0.1, 0.15) is 17.7 Å². The molecule has 6 heteroatoms. The van der Waals surface area contributed by atoms with Gasteiger partial charge >= 0.3 is 0 Å². The number of nitrogens with one attached hydrogen (secondary N) is 1. The van der Waals surface area contributed by atoms with Crippen LogP contribution in [0.1, 0.15) is 17.5 Å². The summed E-state index contributed by atoms with van der Waals surface area (Å²) < 4.78 is 31.4. The Bertz CT molecular complexity index is 833. The molecule has 3 aromatic rings. The molecule has 0 fully saturated rings. The zero-order valence-corrected chi connectivity index (χ0v) is 12.3. The molecule has 0 saturated heterocycles. The number of hydrogen-bond donors (Lipinski definition) is 2. The third-order valence-corrected chi connectivity index (χ3v) is 3.49. The molecule has 0 radical (unpaired) electrons. The quantitative estimate of drug-likeness (QED) is 0.775. The molecule has 23 heavy (non-hydrogen) atoms. The van der Waals surface area contributed by atoms with Gasteiger partial charge in [-0.15, -0.1) is 0 Å². The van der Waals surface area contributed by atoms with Gasteiger partial charge in [0.25, 0.3) is 0 Å². The summed E-state index contributed by atoms with van der Waals surface area (Å²) >= 11 is 0. The molecule has 0 aliphatic heterocycles. The number of imidazole rings is 1. The van der Waals surface area contributed by atoms with Crippen molar-refractivity contribution in [2.75, 3.05) is 7.11 Å². The average molecular weight is 316 g/mol. The number of aliphatic hydroxyl groups is 1. The fraction of sp³-hybridized carbons (Fsp3) is 0.118. The number of aromatic nitrogens is 2. The summed E-state index contributed by atoms with van der Waals surface area (Å²) in [6, 6.07) is 10.6. The molecule has 1 heterocycles. The Kier molecular flexibility index (Phi) is 4.08. The van der Waals surface area contributed by atoms with E-state index in [1.807, 2.05) is 24.3 Å². The summed E-state index contributed by atoms with van der Waals surface area (Å²) in [4.78, 5) is 7.09. The molecule has 3 rings (SSSR count). The lowest BCUT2D eigenvalue weighted by molar-refractivity contribution is 0.210. The largest absolute Gasteiger partial charge is 0.497 e. The van der Waals surface area contributed by atoms with E-state index in [2.05, 4.69) is 9.97 Å². The van der Waals surface area contributed by atoms with Crippen molar-refractivity contribution in [1.82, 2.24) is 9.97 Å². The Morgan fingerprint density at radius 3 is 2.70 bits per heavy atom. The average Bonchev–Trinajstić information content (AvgIpc) is 3.07. The molecule has 118 valence electrons. The second-order valence-corrected chi connectivity index (χ2v) is 4.99. The van der Waals surface area contributed by atoms with Crippen LogP contribution < -0.4 is 4.74 Å². The molecule has 0 aliphatic rings. The lowest BCUT2D eigenvalue weighted by atomic mass is 10.1. The van der Waals surface area contributed by atoms with Crippen LogP contribution in [0.4, 0.5) is 8.78 Å². The number of H-pyrrole nitrogens is 1. The van der Waals surface area contributed by atoms with E-state index < -0.39 is 17.7 Å². The lowest BCUT2D eigenvalue weighted by Gasteiger charge is -2.08. The summed E-state index contributed by atoms with van der Waals surface area (Å²) in [5, 5.41) is 10.3. The summed E-state index contributed by atoms with van der Waals surface area (Å²) in [6.07, 6.45) is 0.386. The van der Waals surface area contributed by atoms with E-state index in [1.54, 1.807) is 13.3 Å². The maximum absolute atomic E-state index is 13.3. The van der Waals surface area contributed by atoms with E-state index in [4.69, 9.17) is 4.74 Å². The third kappa shape index (κ3) is 3.07. The first-order chi connectivity index (χ1) is 11.1. The predicted octanol–water partition coefficient (Wildman–Crippen LogP) is 3.45. The maximum atomic E-state index is 13.3. The van der Waals surface area contributed by atoms with Crippen LogP contribution in [0.2, 0.25) is 0 Å². The Labute approximate surface area is 131 Å². The van der Waals surface area contributed by atoms with Crippen molar-refractivity contribution in [1.29, 1.82) is 0 Å². The minimum absolute atomic E-state index is 0.218. The van der Waals surface area contributed by atoms with Crippen molar-refractivity contribution < 1.29 is 18.6 Å². The minimum Gasteiger partial charge on any atom is -0.497 e. The van der Waals surface area contributed by atoms with Crippen molar-refractivity contribution in [3.8, 4) is 17.0 Å². The van der Waals surface area contributed by atoms with Gasteiger partial charge in [0, 0.05) is 5.56 Å². The minimum atomic E-state index is -1.18. The molecule has 1 atom stereocenters. The molecule has 2 N–H and O–H groups in total. The fourth-order valence-electron chi connectivity index (χ4n) is 2.25. The van der Waals surface area contributed by atoms with E-state index in [0.717, 1.165) is 17.7 Å². The standard InChI is InChI=1S/C17H14F2N2O2/c1-23-12-4-2-3-10(7-12)15-9-20-17(21-15)16(22)11-5-6-13(18)14(19)8-11/h2-9,16,22H,1H3,(H,20,21). The number of aromatic amines is 1. The molecule has 0 bridgehead atoms. The molecule has 0 spiro atoms. The predicted molar refractivity (Wildman–Crippen MR) is 81.0 cm³/mol. The Hall–Kier alpha value is -2.73. The van der Waals surface area contributed by atoms with Crippen molar-refractivity contribution in [2.45, 2.75) is 6.10 Å². The number of nitrogens with zero attached hydrogens (tertiary/aromatic N) is 1. The summed E-state index contributed by atoms with van der Waals surface area (Å²) in [6.45, 7) is 0. The molecular formula is C17H14F2N2O2. The van der Waals surface area contributed by atoms with Crippen LogP contribution in [0.5, 0.6) is 5.75 Å². The van der Waals surface area contributed by atoms with Crippen LogP contribution in [-0.2, 0) is 0 Å². The monoisotopic (exact) mass is 316 g/mol. The molecule has 0 amide bonds. The van der Waals surface area contributed by atoms with Crippen molar-refractivity contribution in [2.24, 2.45) is 0 Å². The highest BCUT2D eigenvalue weighted by molar-refractivity contribution is 5.60. The van der Waals surface area contributed by atoms with Crippen LogP contribution in [-0.4, -0.2) is 22.2 Å². The van der Waals surface area contributed by atoms with E-state index in [0.29, 0.717) is 11.4 Å². The first-order valence-electron chi connectivity index (χ1n) is 6.91. The van der Waals surface area contributed by atoms with Gasteiger partial charge < -0.3 is 14.8 Å². The molecule has 1 unspecified atom stereocenters. The SMILES string of the molecule is COc1cccc(-c2cnc(C(O)c3ccc(F)c(F)c3)[nH]2)c1. The second kappa shape index (κ2) is 6.18. The van der Waals surface area contributed by atoms with Gasteiger partial charge in [-0.3, -0.25) is 0 Å². The molecular weight excluding hydrogens is 302 g/mol.